The Morgan fingerprint density at radius 2 is 1.79 bits per heavy atom. The van der Waals surface area contributed by atoms with Gasteiger partial charge in [0.25, 0.3) is 0 Å². The average Bonchev–Trinajstić information content (AvgIpc) is 2.25. The molecular weight excluding hydrogens is 262 g/mol. The first-order chi connectivity index (χ1) is 8.54. The van der Waals surface area contributed by atoms with Crippen LogP contribution >= 0.6 is 0 Å². The van der Waals surface area contributed by atoms with Crippen LogP contribution in [0.4, 0.5) is 0 Å². The second-order valence-electron chi connectivity index (χ2n) is 5.88. The maximum atomic E-state index is 12.2. The molecule has 0 aliphatic carbocycles. The van der Waals surface area contributed by atoms with Gasteiger partial charge in [-0.25, -0.2) is 13.1 Å². The van der Waals surface area contributed by atoms with E-state index in [1.165, 1.54) is 12.1 Å². The highest BCUT2D eigenvalue weighted by Gasteiger charge is 2.24. The third-order valence-corrected chi connectivity index (χ3v) is 4.13. The zero-order chi connectivity index (χ0) is 14.8. The Hall–Kier alpha value is -1.20. The van der Waals surface area contributed by atoms with Crippen LogP contribution in [0.3, 0.4) is 0 Å². The highest BCUT2D eigenvalue weighted by molar-refractivity contribution is 7.89. The number of benzene rings is 1. The molecule has 1 aromatic carbocycles. The lowest BCUT2D eigenvalue weighted by Gasteiger charge is -2.17. The van der Waals surface area contributed by atoms with Crippen molar-refractivity contribution in [2.75, 3.05) is 0 Å². The molecule has 0 aromatic heterocycles. The molecule has 0 aliphatic rings. The molecule has 106 valence electrons. The zero-order valence-electron chi connectivity index (χ0n) is 12.0. The Bertz CT molecular complexity index is 569. The van der Waals surface area contributed by atoms with Crippen LogP contribution in [0.25, 0.3) is 0 Å². The maximum Gasteiger partial charge on any atom is 0.240 e. The first-order valence-electron chi connectivity index (χ1n) is 6.21. The summed E-state index contributed by atoms with van der Waals surface area (Å²) in [7, 11) is -3.56. The molecule has 5 heteroatoms. The van der Waals surface area contributed by atoms with Crippen LogP contribution < -0.4 is 4.72 Å². The van der Waals surface area contributed by atoms with Gasteiger partial charge in [-0.15, -0.1) is 0 Å². The number of rotatable bonds is 4. The standard InChI is InChI=1S/C14H21NO3S/c1-10(2)15-19(17,18)12-8-6-7-11(9-12)13(16)14(3,4)5/h6-10,15H,1-5H3. The summed E-state index contributed by atoms with van der Waals surface area (Å²) in [4.78, 5) is 12.3. The summed E-state index contributed by atoms with van der Waals surface area (Å²) in [5.74, 6) is -0.0749. The van der Waals surface area contributed by atoms with E-state index in [1.54, 1.807) is 26.0 Å². The highest BCUT2D eigenvalue weighted by Crippen LogP contribution is 2.22. The van der Waals surface area contributed by atoms with Crippen LogP contribution in [-0.2, 0) is 10.0 Å². The summed E-state index contributed by atoms with van der Waals surface area (Å²) < 4.78 is 26.6. The fraction of sp³-hybridized carbons (Fsp3) is 0.500. The van der Waals surface area contributed by atoms with Crippen molar-refractivity contribution < 1.29 is 13.2 Å². The number of sulfonamides is 1. The molecule has 1 rings (SSSR count). The first kappa shape index (κ1) is 15.9. The van der Waals surface area contributed by atoms with Crippen molar-refractivity contribution in [2.24, 2.45) is 5.41 Å². The Labute approximate surface area is 115 Å². The van der Waals surface area contributed by atoms with E-state index in [1.807, 2.05) is 20.8 Å². The number of Topliss-reactive ketones (excluding diaryl/α,β-unsaturated/α-hetero) is 1. The lowest BCUT2D eigenvalue weighted by Crippen LogP contribution is -2.30. The molecule has 0 bridgehead atoms. The number of hydrogen-bond acceptors (Lipinski definition) is 3. The second-order valence-corrected chi connectivity index (χ2v) is 7.60. The Morgan fingerprint density at radius 3 is 2.26 bits per heavy atom. The largest absolute Gasteiger partial charge is 0.294 e. The van der Waals surface area contributed by atoms with Crippen LogP contribution in [0.15, 0.2) is 29.2 Å². The summed E-state index contributed by atoms with van der Waals surface area (Å²) in [5.41, 5.74) is -0.118. The molecule has 0 aliphatic heterocycles. The van der Waals surface area contributed by atoms with Crippen molar-refractivity contribution in [1.29, 1.82) is 0 Å². The molecule has 0 spiro atoms. The van der Waals surface area contributed by atoms with Gasteiger partial charge in [-0.2, -0.15) is 0 Å². The van der Waals surface area contributed by atoms with Gasteiger partial charge in [-0.1, -0.05) is 32.9 Å². The normalized spacial score (nSPS) is 12.7. The molecule has 0 unspecified atom stereocenters. The van der Waals surface area contributed by atoms with E-state index < -0.39 is 15.4 Å². The van der Waals surface area contributed by atoms with Gasteiger partial charge in [0.05, 0.1) is 4.90 Å². The SMILES string of the molecule is CC(C)NS(=O)(=O)c1cccc(C(=O)C(C)(C)C)c1. The van der Waals surface area contributed by atoms with Crippen molar-refractivity contribution in [3.8, 4) is 0 Å². The molecule has 0 amide bonds. The fourth-order valence-electron chi connectivity index (χ4n) is 1.62. The molecule has 1 aromatic rings. The number of hydrogen-bond donors (Lipinski definition) is 1. The molecule has 0 saturated carbocycles. The van der Waals surface area contributed by atoms with Crippen molar-refractivity contribution in [3.63, 3.8) is 0 Å². The molecule has 0 saturated heterocycles. The molecule has 4 nitrogen and oxygen atoms in total. The van der Waals surface area contributed by atoms with Crippen LogP contribution in [0.1, 0.15) is 45.0 Å². The van der Waals surface area contributed by atoms with Crippen LogP contribution in [0.2, 0.25) is 0 Å². The van der Waals surface area contributed by atoms with Gasteiger partial charge >= 0.3 is 0 Å². The van der Waals surface area contributed by atoms with E-state index in [2.05, 4.69) is 4.72 Å². The van der Waals surface area contributed by atoms with Gasteiger partial charge in [0.15, 0.2) is 5.78 Å². The molecular formula is C14H21NO3S. The third kappa shape index (κ3) is 4.14. The molecule has 0 atom stereocenters. The second kappa shape index (κ2) is 5.43. The smallest absolute Gasteiger partial charge is 0.240 e. The van der Waals surface area contributed by atoms with E-state index in [0.29, 0.717) is 5.56 Å². The Balaban J connectivity index is 3.19. The molecule has 1 N–H and O–H groups in total. The van der Waals surface area contributed by atoms with E-state index in [4.69, 9.17) is 0 Å². The van der Waals surface area contributed by atoms with Gasteiger partial charge < -0.3 is 0 Å². The van der Waals surface area contributed by atoms with Gasteiger partial charge in [-0.3, -0.25) is 4.79 Å². The molecule has 0 fully saturated rings. The number of nitrogens with one attached hydrogen (secondary N) is 1. The minimum absolute atomic E-state index is 0.0749. The first-order valence-corrected chi connectivity index (χ1v) is 7.69. The summed E-state index contributed by atoms with van der Waals surface area (Å²) >= 11 is 0. The van der Waals surface area contributed by atoms with Gasteiger partial charge in [-0.05, 0) is 26.0 Å². The Morgan fingerprint density at radius 1 is 1.21 bits per heavy atom. The van der Waals surface area contributed by atoms with Gasteiger partial charge in [0.1, 0.15) is 0 Å². The van der Waals surface area contributed by atoms with Gasteiger partial charge in [0.2, 0.25) is 10.0 Å². The van der Waals surface area contributed by atoms with E-state index >= 15 is 0 Å². The topological polar surface area (TPSA) is 63.2 Å². The van der Waals surface area contributed by atoms with Crippen LogP contribution in [-0.4, -0.2) is 20.2 Å². The number of carbonyl (C=O) groups is 1. The van der Waals surface area contributed by atoms with Crippen molar-refractivity contribution in [3.05, 3.63) is 29.8 Å². The number of ketones is 1. The quantitative estimate of drug-likeness (QED) is 0.864. The lowest BCUT2D eigenvalue weighted by atomic mass is 9.87. The van der Waals surface area contributed by atoms with Crippen LogP contribution in [0, 0.1) is 5.41 Å². The predicted molar refractivity (Wildman–Crippen MR) is 75.7 cm³/mol. The van der Waals surface area contributed by atoms with E-state index in [9.17, 15) is 13.2 Å². The monoisotopic (exact) mass is 283 g/mol. The van der Waals surface area contributed by atoms with E-state index in [0.717, 1.165) is 0 Å². The number of carbonyl (C=O) groups excluding carboxylic acids is 1. The summed E-state index contributed by atoms with van der Waals surface area (Å²) in [6.07, 6.45) is 0. The fourth-order valence-corrected chi connectivity index (χ4v) is 2.91. The Kier molecular flexibility index (Phi) is 4.53. The molecule has 0 heterocycles. The molecule has 0 radical (unpaired) electrons. The van der Waals surface area contributed by atoms with E-state index in [-0.39, 0.29) is 16.7 Å². The van der Waals surface area contributed by atoms with Crippen molar-refractivity contribution >= 4 is 15.8 Å². The third-order valence-electron chi connectivity index (χ3n) is 2.48. The summed E-state index contributed by atoms with van der Waals surface area (Å²) in [5, 5.41) is 0. The predicted octanol–water partition coefficient (Wildman–Crippen LogP) is 2.60. The molecule has 19 heavy (non-hydrogen) atoms. The minimum Gasteiger partial charge on any atom is -0.294 e. The average molecular weight is 283 g/mol. The van der Waals surface area contributed by atoms with Gasteiger partial charge in [0, 0.05) is 17.0 Å². The minimum atomic E-state index is -3.56. The van der Waals surface area contributed by atoms with Crippen molar-refractivity contribution in [2.45, 2.75) is 45.6 Å². The van der Waals surface area contributed by atoms with Crippen molar-refractivity contribution in [1.82, 2.24) is 4.72 Å². The zero-order valence-corrected chi connectivity index (χ0v) is 12.8. The summed E-state index contributed by atoms with van der Waals surface area (Å²) in [6.45, 7) is 8.93. The highest BCUT2D eigenvalue weighted by atomic mass is 32.2. The lowest BCUT2D eigenvalue weighted by molar-refractivity contribution is 0.0858. The van der Waals surface area contributed by atoms with Crippen LogP contribution in [0.5, 0.6) is 0 Å². The summed E-state index contributed by atoms with van der Waals surface area (Å²) in [6, 6.07) is 5.96. The maximum absolute atomic E-state index is 12.2.